The van der Waals surface area contributed by atoms with Gasteiger partial charge in [-0.2, -0.15) is 0 Å². The van der Waals surface area contributed by atoms with E-state index in [0.717, 1.165) is 0 Å². The Kier molecular flexibility index (Phi) is 6.12. The molecule has 0 atom stereocenters. The number of hydrogen-bond donors (Lipinski definition) is 2. The Morgan fingerprint density at radius 1 is 1.22 bits per heavy atom. The van der Waals surface area contributed by atoms with Gasteiger partial charge in [-0.1, -0.05) is 39.8 Å². The summed E-state index contributed by atoms with van der Waals surface area (Å²) in [5.74, 6) is 0.0753. The summed E-state index contributed by atoms with van der Waals surface area (Å²) in [6.07, 6.45) is 0. The van der Waals surface area contributed by atoms with E-state index >= 15 is 0 Å². The number of sulfonamides is 1. The van der Waals surface area contributed by atoms with E-state index in [4.69, 9.17) is 5.14 Å². The molecule has 0 saturated heterocycles. The fraction of sp³-hybridized carbons (Fsp3) is 0.588. The number of rotatable bonds is 7. The summed E-state index contributed by atoms with van der Waals surface area (Å²) in [6, 6.07) is 4.71. The fourth-order valence-corrected chi connectivity index (χ4v) is 2.78. The molecule has 0 heterocycles. The van der Waals surface area contributed by atoms with E-state index in [9.17, 15) is 13.2 Å². The zero-order valence-electron chi connectivity index (χ0n) is 14.8. The van der Waals surface area contributed by atoms with Crippen molar-refractivity contribution in [2.75, 3.05) is 0 Å². The maximum atomic E-state index is 12.1. The Morgan fingerprint density at radius 2 is 1.78 bits per heavy atom. The molecule has 0 aromatic heterocycles. The van der Waals surface area contributed by atoms with Gasteiger partial charge in [0.25, 0.3) is 0 Å². The van der Waals surface area contributed by atoms with Crippen molar-refractivity contribution >= 4 is 15.8 Å². The minimum absolute atomic E-state index is 0.0102. The predicted octanol–water partition coefficient (Wildman–Crippen LogP) is 2.70. The Morgan fingerprint density at radius 3 is 2.22 bits per heavy atom. The third kappa shape index (κ3) is 5.12. The number of primary sulfonamides is 1. The molecule has 6 heteroatoms. The highest BCUT2D eigenvalue weighted by molar-refractivity contribution is 7.89. The molecule has 0 amide bonds. The number of benzene rings is 1. The number of carbonyl (C=O) groups excluding carboxylic acids is 1. The maximum Gasteiger partial charge on any atom is 0.238 e. The van der Waals surface area contributed by atoms with Crippen molar-refractivity contribution in [1.82, 2.24) is 5.32 Å². The summed E-state index contributed by atoms with van der Waals surface area (Å²) in [4.78, 5) is 12.1. The monoisotopic (exact) mass is 340 g/mol. The topological polar surface area (TPSA) is 89.3 Å². The van der Waals surface area contributed by atoms with Crippen LogP contribution in [0, 0.1) is 11.8 Å². The van der Waals surface area contributed by atoms with Crippen molar-refractivity contribution in [2.24, 2.45) is 17.0 Å². The van der Waals surface area contributed by atoms with Gasteiger partial charge in [0.15, 0.2) is 5.78 Å². The van der Waals surface area contributed by atoms with Crippen molar-refractivity contribution in [3.05, 3.63) is 29.3 Å². The van der Waals surface area contributed by atoms with Crippen LogP contribution >= 0.6 is 0 Å². The fourth-order valence-electron chi connectivity index (χ4n) is 1.98. The van der Waals surface area contributed by atoms with Crippen molar-refractivity contribution in [3.63, 3.8) is 0 Å². The van der Waals surface area contributed by atoms with Crippen LogP contribution in [0.5, 0.6) is 0 Å². The molecule has 5 nitrogen and oxygen atoms in total. The lowest BCUT2D eigenvalue weighted by Crippen LogP contribution is -2.43. The summed E-state index contributed by atoms with van der Waals surface area (Å²) in [5, 5.41) is 8.69. The normalized spacial score (nSPS) is 12.9. The molecule has 1 aromatic rings. The molecular formula is C17H28N2O3S. The van der Waals surface area contributed by atoms with Gasteiger partial charge in [-0.3, -0.25) is 4.79 Å². The summed E-state index contributed by atoms with van der Waals surface area (Å²) < 4.78 is 23.8. The van der Waals surface area contributed by atoms with Crippen molar-refractivity contribution in [1.29, 1.82) is 0 Å². The number of hydrogen-bond acceptors (Lipinski definition) is 4. The van der Waals surface area contributed by atoms with Crippen LogP contribution in [0.2, 0.25) is 0 Å². The molecule has 0 saturated carbocycles. The molecule has 0 unspecified atom stereocenters. The Balaban J connectivity index is 3.21. The lowest BCUT2D eigenvalue weighted by molar-refractivity contribution is 0.0939. The second-order valence-corrected chi connectivity index (χ2v) is 8.65. The molecule has 0 aliphatic heterocycles. The third-order valence-electron chi connectivity index (χ3n) is 4.36. The molecule has 0 radical (unpaired) electrons. The van der Waals surface area contributed by atoms with Gasteiger partial charge in [-0.05, 0) is 31.4 Å². The van der Waals surface area contributed by atoms with Gasteiger partial charge < -0.3 is 5.32 Å². The summed E-state index contributed by atoms with van der Waals surface area (Å²) >= 11 is 0. The van der Waals surface area contributed by atoms with E-state index in [1.165, 1.54) is 6.07 Å². The minimum Gasteiger partial charge on any atom is -0.307 e. The number of nitrogens with two attached hydrogens (primary N) is 1. The SMILES string of the molecule is CC(C)C(=O)c1ccc(CNC(C)(C)C(C)C)c(S(N)(=O)=O)c1. The van der Waals surface area contributed by atoms with E-state index in [0.29, 0.717) is 23.6 Å². The molecule has 0 fully saturated rings. The Hall–Kier alpha value is -1.24. The summed E-state index contributed by atoms with van der Waals surface area (Å²) in [6.45, 7) is 12.2. The molecule has 0 spiro atoms. The van der Waals surface area contributed by atoms with Gasteiger partial charge in [-0.15, -0.1) is 0 Å². The lowest BCUT2D eigenvalue weighted by Gasteiger charge is -2.31. The van der Waals surface area contributed by atoms with Crippen molar-refractivity contribution in [2.45, 2.75) is 58.5 Å². The average Bonchev–Trinajstić information content (AvgIpc) is 2.43. The second-order valence-electron chi connectivity index (χ2n) is 7.12. The van der Waals surface area contributed by atoms with Gasteiger partial charge in [0.1, 0.15) is 0 Å². The van der Waals surface area contributed by atoms with E-state index in [1.54, 1.807) is 26.0 Å². The molecule has 130 valence electrons. The first-order valence-corrected chi connectivity index (χ1v) is 9.36. The molecule has 3 N–H and O–H groups in total. The zero-order chi connectivity index (χ0) is 18.0. The molecule has 1 aromatic carbocycles. The average molecular weight is 340 g/mol. The van der Waals surface area contributed by atoms with Crippen molar-refractivity contribution < 1.29 is 13.2 Å². The first-order valence-electron chi connectivity index (χ1n) is 7.81. The van der Waals surface area contributed by atoms with Crippen LogP contribution in [0.25, 0.3) is 0 Å². The van der Waals surface area contributed by atoms with Crippen molar-refractivity contribution in [3.8, 4) is 0 Å². The largest absolute Gasteiger partial charge is 0.307 e. The smallest absolute Gasteiger partial charge is 0.238 e. The van der Waals surface area contributed by atoms with E-state index in [2.05, 4.69) is 33.0 Å². The van der Waals surface area contributed by atoms with Crippen LogP contribution < -0.4 is 10.5 Å². The quantitative estimate of drug-likeness (QED) is 0.747. The van der Waals surface area contributed by atoms with E-state index in [-0.39, 0.29) is 22.1 Å². The number of Topliss-reactive ketones (excluding diaryl/α,β-unsaturated/α-hetero) is 1. The molecule has 1 rings (SSSR count). The molecule has 0 aliphatic carbocycles. The van der Waals surface area contributed by atoms with Gasteiger partial charge in [0.05, 0.1) is 4.90 Å². The molecule has 0 bridgehead atoms. The van der Waals surface area contributed by atoms with Gasteiger partial charge in [0.2, 0.25) is 10.0 Å². The Bertz CT molecular complexity index is 677. The first-order chi connectivity index (χ1) is 10.4. The highest BCUT2D eigenvalue weighted by Crippen LogP contribution is 2.21. The van der Waals surface area contributed by atoms with Crippen LogP contribution in [-0.2, 0) is 16.6 Å². The number of carbonyl (C=O) groups is 1. The molecule has 0 aliphatic rings. The number of nitrogens with one attached hydrogen (secondary N) is 1. The first kappa shape index (κ1) is 19.8. The summed E-state index contributed by atoms with van der Waals surface area (Å²) in [7, 11) is -3.90. The highest BCUT2D eigenvalue weighted by Gasteiger charge is 2.23. The predicted molar refractivity (Wildman–Crippen MR) is 92.7 cm³/mol. The second kappa shape index (κ2) is 7.11. The third-order valence-corrected chi connectivity index (χ3v) is 5.35. The van der Waals surface area contributed by atoms with Crippen LogP contribution in [0.4, 0.5) is 0 Å². The molecular weight excluding hydrogens is 312 g/mol. The van der Waals surface area contributed by atoms with E-state index in [1.807, 2.05) is 0 Å². The van der Waals surface area contributed by atoms with Gasteiger partial charge in [-0.25, -0.2) is 13.6 Å². The number of ketones is 1. The lowest BCUT2D eigenvalue weighted by atomic mass is 9.90. The minimum atomic E-state index is -3.90. The summed E-state index contributed by atoms with van der Waals surface area (Å²) in [5.41, 5.74) is 0.791. The molecule has 23 heavy (non-hydrogen) atoms. The Labute approximate surface area is 139 Å². The van der Waals surface area contributed by atoms with Crippen LogP contribution in [-0.4, -0.2) is 19.7 Å². The van der Waals surface area contributed by atoms with Crippen LogP contribution in [0.1, 0.15) is 57.5 Å². The standard InChI is InChI=1S/C17H28N2O3S/c1-11(2)16(20)13-7-8-14(15(9-13)23(18,21)22)10-19-17(5,6)12(3)4/h7-9,11-12,19H,10H2,1-6H3,(H2,18,21,22). The maximum absolute atomic E-state index is 12.1. The van der Waals surface area contributed by atoms with Gasteiger partial charge in [0, 0.05) is 23.6 Å². The van der Waals surface area contributed by atoms with Crippen LogP contribution in [0.15, 0.2) is 23.1 Å². The zero-order valence-corrected chi connectivity index (χ0v) is 15.6. The van der Waals surface area contributed by atoms with E-state index < -0.39 is 10.0 Å². The van der Waals surface area contributed by atoms with Crippen LogP contribution in [0.3, 0.4) is 0 Å². The van der Waals surface area contributed by atoms with Gasteiger partial charge >= 0.3 is 0 Å². The highest BCUT2D eigenvalue weighted by atomic mass is 32.2.